The molecule has 1 aromatic heterocycles. The molecule has 1 amide bonds. The minimum absolute atomic E-state index is 0.139. The van der Waals surface area contributed by atoms with Gasteiger partial charge in [-0.25, -0.2) is 0 Å². The molecular formula is C15H16N4O3S. The van der Waals surface area contributed by atoms with Crippen molar-refractivity contribution < 1.29 is 14.3 Å². The Morgan fingerprint density at radius 2 is 2.22 bits per heavy atom. The molecule has 120 valence electrons. The van der Waals surface area contributed by atoms with E-state index in [0.717, 1.165) is 0 Å². The summed E-state index contributed by atoms with van der Waals surface area (Å²) in [5, 5.41) is 8.92. The summed E-state index contributed by atoms with van der Waals surface area (Å²) in [5.74, 6) is 1.74. The Balaban J connectivity index is 1.85. The lowest BCUT2D eigenvalue weighted by molar-refractivity contribution is -0.115. The van der Waals surface area contributed by atoms with Gasteiger partial charge in [0.15, 0.2) is 28.6 Å². The van der Waals surface area contributed by atoms with Crippen LogP contribution in [0.15, 0.2) is 42.1 Å². The summed E-state index contributed by atoms with van der Waals surface area (Å²) in [4.78, 5) is 11.0. The highest BCUT2D eigenvalue weighted by molar-refractivity contribution is 7.99. The number of carbonyl (C=O) groups excluding carboxylic acids is 1. The van der Waals surface area contributed by atoms with Gasteiger partial charge in [-0.2, -0.15) is 0 Å². The molecule has 2 heterocycles. The Kier molecular flexibility index (Phi) is 4.52. The van der Waals surface area contributed by atoms with Gasteiger partial charge >= 0.3 is 0 Å². The standard InChI is InChI=1S/C15H16N4O3S/c1-2-7-19-14(17-18-15(19)23-9-13(16)20)12-8-21-10-5-3-4-6-11(10)22-12/h2-6,12H,1,7-9H2,(H2,16,20). The second-order valence-corrected chi connectivity index (χ2v) is 5.80. The van der Waals surface area contributed by atoms with Crippen molar-refractivity contribution in [2.24, 2.45) is 5.73 Å². The summed E-state index contributed by atoms with van der Waals surface area (Å²) < 4.78 is 13.5. The first-order valence-electron chi connectivity index (χ1n) is 7.02. The van der Waals surface area contributed by atoms with Crippen LogP contribution in [0, 0.1) is 0 Å². The zero-order chi connectivity index (χ0) is 16.2. The van der Waals surface area contributed by atoms with Gasteiger partial charge in [-0.1, -0.05) is 30.0 Å². The van der Waals surface area contributed by atoms with E-state index in [2.05, 4.69) is 16.8 Å². The number of hydrogen-bond acceptors (Lipinski definition) is 6. The number of hydrogen-bond donors (Lipinski definition) is 1. The van der Waals surface area contributed by atoms with Gasteiger partial charge in [0.2, 0.25) is 5.91 Å². The molecule has 1 aliphatic rings. The lowest BCUT2D eigenvalue weighted by Crippen LogP contribution is -2.25. The van der Waals surface area contributed by atoms with E-state index in [0.29, 0.717) is 35.6 Å². The van der Waals surface area contributed by atoms with Gasteiger partial charge in [-0.05, 0) is 12.1 Å². The first-order chi connectivity index (χ1) is 11.2. The third-order valence-corrected chi connectivity index (χ3v) is 4.19. The van der Waals surface area contributed by atoms with Gasteiger partial charge in [0.1, 0.15) is 6.61 Å². The Hall–Kier alpha value is -2.48. The quantitative estimate of drug-likeness (QED) is 0.637. The molecule has 1 atom stereocenters. The Bertz CT molecular complexity index is 731. The molecule has 2 N–H and O–H groups in total. The van der Waals surface area contributed by atoms with Crippen LogP contribution in [0.2, 0.25) is 0 Å². The third kappa shape index (κ3) is 3.31. The number of ether oxygens (including phenoxy) is 2. The van der Waals surface area contributed by atoms with Crippen molar-refractivity contribution in [3.8, 4) is 11.5 Å². The van der Waals surface area contributed by atoms with Crippen LogP contribution >= 0.6 is 11.8 Å². The van der Waals surface area contributed by atoms with Crippen LogP contribution in [0.25, 0.3) is 0 Å². The molecule has 0 radical (unpaired) electrons. The van der Waals surface area contributed by atoms with Crippen molar-refractivity contribution >= 4 is 17.7 Å². The van der Waals surface area contributed by atoms with Crippen LogP contribution in [0.4, 0.5) is 0 Å². The smallest absolute Gasteiger partial charge is 0.227 e. The van der Waals surface area contributed by atoms with Crippen molar-refractivity contribution in [1.82, 2.24) is 14.8 Å². The number of para-hydroxylation sites is 2. The number of amides is 1. The van der Waals surface area contributed by atoms with Crippen LogP contribution < -0.4 is 15.2 Å². The highest BCUT2D eigenvalue weighted by Crippen LogP contribution is 2.36. The van der Waals surface area contributed by atoms with Crippen LogP contribution in [-0.4, -0.2) is 33.0 Å². The fourth-order valence-corrected chi connectivity index (χ4v) is 2.92. The molecule has 3 rings (SSSR count). The van der Waals surface area contributed by atoms with Crippen molar-refractivity contribution in [3.63, 3.8) is 0 Å². The molecule has 2 aromatic rings. The third-order valence-electron chi connectivity index (χ3n) is 3.20. The number of nitrogens with two attached hydrogens (primary N) is 1. The van der Waals surface area contributed by atoms with Crippen molar-refractivity contribution in [2.75, 3.05) is 12.4 Å². The number of allylic oxidation sites excluding steroid dienone is 1. The van der Waals surface area contributed by atoms with Gasteiger partial charge in [0.25, 0.3) is 0 Å². The molecule has 0 spiro atoms. The first kappa shape index (κ1) is 15.4. The number of nitrogens with zero attached hydrogens (tertiary/aromatic N) is 3. The van der Waals surface area contributed by atoms with Gasteiger partial charge in [-0.3, -0.25) is 9.36 Å². The maximum absolute atomic E-state index is 11.0. The van der Waals surface area contributed by atoms with Crippen LogP contribution in [-0.2, 0) is 11.3 Å². The van der Waals surface area contributed by atoms with E-state index >= 15 is 0 Å². The average molecular weight is 332 g/mol. The zero-order valence-electron chi connectivity index (χ0n) is 12.3. The van der Waals surface area contributed by atoms with E-state index in [1.165, 1.54) is 11.8 Å². The predicted octanol–water partition coefficient (Wildman–Crippen LogP) is 1.55. The number of thioether (sulfide) groups is 1. The number of benzene rings is 1. The van der Waals surface area contributed by atoms with Gasteiger partial charge < -0.3 is 15.2 Å². The topological polar surface area (TPSA) is 92.3 Å². The molecule has 0 fully saturated rings. The van der Waals surface area contributed by atoms with Crippen LogP contribution in [0.3, 0.4) is 0 Å². The van der Waals surface area contributed by atoms with Gasteiger partial charge in [0.05, 0.1) is 5.75 Å². The lowest BCUT2D eigenvalue weighted by Gasteiger charge is -2.26. The van der Waals surface area contributed by atoms with Crippen LogP contribution in [0.1, 0.15) is 11.9 Å². The monoisotopic (exact) mass is 332 g/mol. The summed E-state index contributed by atoms with van der Waals surface area (Å²) >= 11 is 1.24. The van der Waals surface area contributed by atoms with Crippen molar-refractivity contribution in [1.29, 1.82) is 0 Å². The van der Waals surface area contributed by atoms with Crippen molar-refractivity contribution in [2.45, 2.75) is 17.8 Å². The summed E-state index contributed by atoms with van der Waals surface area (Å²) in [6.07, 6.45) is 1.36. The van der Waals surface area contributed by atoms with E-state index in [9.17, 15) is 4.79 Å². The highest BCUT2D eigenvalue weighted by atomic mass is 32.2. The average Bonchev–Trinajstić information content (AvgIpc) is 2.95. The Labute approximate surface area is 137 Å². The molecule has 0 bridgehead atoms. The summed E-state index contributed by atoms with van der Waals surface area (Å²) in [6.45, 7) is 4.59. The number of rotatable bonds is 6. The van der Waals surface area contributed by atoms with E-state index in [-0.39, 0.29) is 11.9 Å². The summed E-state index contributed by atoms with van der Waals surface area (Å²) in [5.41, 5.74) is 5.18. The molecule has 23 heavy (non-hydrogen) atoms. The molecule has 7 nitrogen and oxygen atoms in total. The maximum Gasteiger partial charge on any atom is 0.227 e. The molecule has 1 aliphatic heterocycles. The second-order valence-electron chi connectivity index (χ2n) is 4.86. The predicted molar refractivity (Wildman–Crippen MR) is 85.4 cm³/mol. The van der Waals surface area contributed by atoms with Crippen LogP contribution in [0.5, 0.6) is 11.5 Å². The summed E-state index contributed by atoms with van der Waals surface area (Å²) in [6, 6.07) is 7.47. The Morgan fingerprint density at radius 1 is 1.43 bits per heavy atom. The normalized spacial score (nSPS) is 16.1. The second kappa shape index (κ2) is 6.74. The minimum atomic E-state index is -0.407. The number of fused-ring (bicyclic) bond motifs is 1. The van der Waals surface area contributed by atoms with E-state index in [1.54, 1.807) is 6.08 Å². The zero-order valence-corrected chi connectivity index (χ0v) is 13.2. The van der Waals surface area contributed by atoms with E-state index in [1.807, 2.05) is 28.8 Å². The molecule has 1 aromatic carbocycles. The molecule has 0 saturated carbocycles. The molecular weight excluding hydrogens is 316 g/mol. The molecule has 0 saturated heterocycles. The fraction of sp³-hybridized carbons (Fsp3) is 0.267. The van der Waals surface area contributed by atoms with Gasteiger partial charge in [-0.15, -0.1) is 16.8 Å². The Morgan fingerprint density at radius 3 is 2.96 bits per heavy atom. The molecule has 8 heteroatoms. The van der Waals surface area contributed by atoms with Gasteiger partial charge in [0, 0.05) is 6.54 Å². The van der Waals surface area contributed by atoms with E-state index in [4.69, 9.17) is 15.2 Å². The maximum atomic E-state index is 11.0. The number of primary amides is 1. The first-order valence-corrected chi connectivity index (χ1v) is 8.01. The van der Waals surface area contributed by atoms with Crippen molar-refractivity contribution in [3.05, 3.63) is 42.7 Å². The summed E-state index contributed by atoms with van der Waals surface area (Å²) in [7, 11) is 0. The fourth-order valence-electron chi connectivity index (χ4n) is 2.23. The highest BCUT2D eigenvalue weighted by Gasteiger charge is 2.28. The van der Waals surface area contributed by atoms with E-state index < -0.39 is 5.91 Å². The lowest BCUT2D eigenvalue weighted by atomic mass is 10.2. The minimum Gasteiger partial charge on any atom is -0.485 e. The number of aromatic nitrogens is 3. The SMILES string of the molecule is C=CCn1c(SCC(N)=O)nnc1C1COc2ccccc2O1. The molecule has 1 unspecified atom stereocenters. The molecule has 0 aliphatic carbocycles. The largest absolute Gasteiger partial charge is 0.485 e. The number of carbonyl (C=O) groups is 1.